The maximum atomic E-state index is 8.97. The molecule has 0 aromatic rings. The average Bonchev–Trinajstić information content (AvgIpc) is 2.80. The summed E-state index contributed by atoms with van der Waals surface area (Å²) >= 11 is 0. The first kappa shape index (κ1) is 7.56. The van der Waals surface area contributed by atoms with Gasteiger partial charge in [0, 0.05) is 5.54 Å². The molecule has 2 aliphatic rings. The van der Waals surface area contributed by atoms with Crippen LogP contribution in [0.15, 0.2) is 0 Å². The summed E-state index contributed by atoms with van der Waals surface area (Å²) in [4.78, 5) is 0. The zero-order chi connectivity index (χ0) is 7.73. The number of aliphatic hydroxyl groups is 1. The van der Waals surface area contributed by atoms with Crippen LogP contribution in [0.1, 0.15) is 32.1 Å². The van der Waals surface area contributed by atoms with E-state index < -0.39 is 0 Å². The zero-order valence-corrected chi connectivity index (χ0v) is 6.97. The molecule has 0 aromatic heterocycles. The van der Waals surface area contributed by atoms with Crippen LogP contribution in [0, 0.1) is 5.92 Å². The quantitative estimate of drug-likeness (QED) is 0.618. The van der Waals surface area contributed by atoms with Crippen LogP contribution >= 0.6 is 0 Å². The summed E-state index contributed by atoms with van der Waals surface area (Å²) in [7, 11) is 0. The first-order chi connectivity index (χ1) is 5.35. The molecule has 0 aromatic carbocycles. The Morgan fingerprint density at radius 1 is 1.36 bits per heavy atom. The van der Waals surface area contributed by atoms with Gasteiger partial charge in [0.25, 0.3) is 0 Å². The molecule has 0 amide bonds. The van der Waals surface area contributed by atoms with Crippen molar-refractivity contribution >= 4 is 0 Å². The van der Waals surface area contributed by atoms with E-state index in [0.29, 0.717) is 6.61 Å². The Bertz CT molecular complexity index is 138. The van der Waals surface area contributed by atoms with Gasteiger partial charge >= 0.3 is 0 Å². The fourth-order valence-electron chi connectivity index (χ4n) is 1.49. The van der Waals surface area contributed by atoms with E-state index in [4.69, 9.17) is 5.11 Å². The molecule has 0 radical (unpaired) electrons. The van der Waals surface area contributed by atoms with Crippen molar-refractivity contribution < 1.29 is 5.11 Å². The van der Waals surface area contributed by atoms with Gasteiger partial charge in [-0.1, -0.05) is 12.8 Å². The van der Waals surface area contributed by atoms with Crippen molar-refractivity contribution in [3.05, 3.63) is 0 Å². The van der Waals surface area contributed by atoms with Crippen molar-refractivity contribution in [2.45, 2.75) is 37.6 Å². The molecule has 11 heavy (non-hydrogen) atoms. The molecule has 0 unspecified atom stereocenters. The Kier molecular flexibility index (Phi) is 1.90. The van der Waals surface area contributed by atoms with Crippen molar-refractivity contribution in [2.24, 2.45) is 5.92 Å². The molecular formula is C9H17NO. The average molecular weight is 155 g/mol. The minimum Gasteiger partial charge on any atom is -0.394 e. The highest BCUT2D eigenvalue weighted by atomic mass is 16.3. The van der Waals surface area contributed by atoms with Crippen LogP contribution < -0.4 is 5.32 Å². The summed E-state index contributed by atoms with van der Waals surface area (Å²) in [5, 5.41) is 12.4. The fraction of sp³-hybridized carbons (Fsp3) is 1.00. The molecule has 0 saturated heterocycles. The molecule has 2 fully saturated rings. The third-order valence-corrected chi connectivity index (χ3v) is 2.91. The second-order valence-corrected chi connectivity index (χ2v) is 4.10. The van der Waals surface area contributed by atoms with Crippen LogP contribution in [0.3, 0.4) is 0 Å². The number of aliphatic hydroxyl groups excluding tert-OH is 1. The normalized spacial score (nSPS) is 27.0. The minimum atomic E-state index is 0.162. The molecular weight excluding hydrogens is 138 g/mol. The smallest absolute Gasteiger partial charge is 0.0613 e. The number of nitrogens with one attached hydrogen (secondary N) is 1. The summed E-state index contributed by atoms with van der Waals surface area (Å²) in [6.45, 7) is 1.45. The van der Waals surface area contributed by atoms with Gasteiger partial charge in [0.2, 0.25) is 0 Å². The lowest BCUT2D eigenvalue weighted by Gasteiger charge is -2.13. The monoisotopic (exact) mass is 155 g/mol. The second-order valence-electron chi connectivity index (χ2n) is 4.10. The maximum absolute atomic E-state index is 8.97. The van der Waals surface area contributed by atoms with Crippen LogP contribution in [0.5, 0.6) is 0 Å². The molecule has 0 bridgehead atoms. The fourth-order valence-corrected chi connectivity index (χ4v) is 1.49. The second kappa shape index (κ2) is 2.76. The summed E-state index contributed by atoms with van der Waals surface area (Å²) < 4.78 is 0. The standard InChI is InChI=1S/C9H17NO/c11-7-9(4-5-9)10-6-3-8-1-2-8/h8,10-11H,1-7H2. The van der Waals surface area contributed by atoms with E-state index >= 15 is 0 Å². The summed E-state index contributed by atoms with van der Waals surface area (Å²) in [5.41, 5.74) is 0.162. The Morgan fingerprint density at radius 3 is 2.55 bits per heavy atom. The van der Waals surface area contributed by atoms with Crippen LogP contribution in [-0.2, 0) is 0 Å². The molecule has 0 atom stereocenters. The molecule has 0 heterocycles. The van der Waals surface area contributed by atoms with Crippen LogP contribution in [0.25, 0.3) is 0 Å². The highest BCUT2D eigenvalue weighted by molar-refractivity contribution is 5.01. The highest BCUT2D eigenvalue weighted by Crippen LogP contribution is 2.36. The van der Waals surface area contributed by atoms with E-state index in [1.807, 2.05) is 0 Å². The van der Waals surface area contributed by atoms with E-state index in [1.54, 1.807) is 0 Å². The summed E-state index contributed by atoms with van der Waals surface area (Å²) in [6.07, 6.45) is 6.55. The SMILES string of the molecule is OCC1(NCCC2CC2)CC1. The van der Waals surface area contributed by atoms with E-state index in [1.165, 1.54) is 32.1 Å². The van der Waals surface area contributed by atoms with Crippen molar-refractivity contribution in [3.63, 3.8) is 0 Å². The molecule has 2 aliphatic carbocycles. The van der Waals surface area contributed by atoms with Crippen molar-refractivity contribution in [1.29, 1.82) is 0 Å². The lowest BCUT2D eigenvalue weighted by atomic mass is 10.2. The molecule has 2 heteroatoms. The van der Waals surface area contributed by atoms with Gasteiger partial charge in [-0.2, -0.15) is 0 Å². The third-order valence-electron chi connectivity index (χ3n) is 2.91. The zero-order valence-electron chi connectivity index (χ0n) is 6.97. The van der Waals surface area contributed by atoms with Gasteiger partial charge in [-0.15, -0.1) is 0 Å². The Balaban J connectivity index is 1.58. The van der Waals surface area contributed by atoms with Gasteiger partial charge in [0.15, 0.2) is 0 Å². The number of rotatable bonds is 5. The van der Waals surface area contributed by atoms with E-state index in [9.17, 15) is 0 Å². The molecule has 2 saturated carbocycles. The van der Waals surface area contributed by atoms with Crippen molar-refractivity contribution in [3.8, 4) is 0 Å². The van der Waals surface area contributed by atoms with Crippen molar-refractivity contribution in [1.82, 2.24) is 5.32 Å². The topological polar surface area (TPSA) is 32.3 Å². The van der Waals surface area contributed by atoms with Gasteiger partial charge in [-0.25, -0.2) is 0 Å². The van der Waals surface area contributed by atoms with Crippen LogP contribution in [0.4, 0.5) is 0 Å². The molecule has 2 nitrogen and oxygen atoms in total. The van der Waals surface area contributed by atoms with Crippen molar-refractivity contribution in [2.75, 3.05) is 13.2 Å². The van der Waals surface area contributed by atoms with Gasteiger partial charge in [0.1, 0.15) is 0 Å². The van der Waals surface area contributed by atoms with E-state index in [0.717, 1.165) is 12.5 Å². The number of hydrogen-bond donors (Lipinski definition) is 2. The third kappa shape index (κ3) is 1.94. The van der Waals surface area contributed by atoms with Gasteiger partial charge in [-0.05, 0) is 31.7 Å². The highest BCUT2D eigenvalue weighted by Gasteiger charge is 2.41. The van der Waals surface area contributed by atoms with E-state index in [-0.39, 0.29) is 5.54 Å². The lowest BCUT2D eigenvalue weighted by Crippen LogP contribution is -2.35. The Morgan fingerprint density at radius 2 is 2.09 bits per heavy atom. The maximum Gasteiger partial charge on any atom is 0.0613 e. The summed E-state index contributed by atoms with van der Waals surface area (Å²) in [6, 6.07) is 0. The van der Waals surface area contributed by atoms with Gasteiger partial charge < -0.3 is 10.4 Å². The van der Waals surface area contributed by atoms with Crippen LogP contribution in [0.2, 0.25) is 0 Å². The first-order valence-corrected chi connectivity index (χ1v) is 4.71. The first-order valence-electron chi connectivity index (χ1n) is 4.71. The number of hydrogen-bond acceptors (Lipinski definition) is 2. The molecule has 64 valence electrons. The Hall–Kier alpha value is -0.0800. The lowest BCUT2D eigenvalue weighted by molar-refractivity contribution is 0.230. The Labute approximate surface area is 68.0 Å². The molecule has 2 N–H and O–H groups in total. The predicted octanol–water partition coefficient (Wildman–Crippen LogP) is 0.901. The van der Waals surface area contributed by atoms with Gasteiger partial charge in [0.05, 0.1) is 6.61 Å². The predicted molar refractivity (Wildman–Crippen MR) is 44.4 cm³/mol. The molecule has 2 rings (SSSR count). The van der Waals surface area contributed by atoms with E-state index in [2.05, 4.69) is 5.32 Å². The van der Waals surface area contributed by atoms with Crippen LogP contribution in [-0.4, -0.2) is 23.8 Å². The minimum absolute atomic E-state index is 0.162. The van der Waals surface area contributed by atoms with Gasteiger partial charge in [-0.3, -0.25) is 0 Å². The largest absolute Gasteiger partial charge is 0.394 e. The summed E-state index contributed by atoms with van der Waals surface area (Å²) in [5.74, 6) is 1.01. The molecule has 0 aliphatic heterocycles. The molecule has 0 spiro atoms.